The van der Waals surface area contributed by atoms with Crippen LogP contribution in [-0.4, -0.2) is 42.6 Å². The third-order valence-electron chi connectivity index (χ3n) is 4.87. The number of aryl methyl sites for hydroxylation is 1. The van der Waals surface area contributed by atoms with Crippen LogP contribution >= 0.6 is 23.1 Å². The Morgan fingerprint density at radius 2 is 1.89 bits per heavy atom. The van der Waals surface area contributed by atoms with Gasteiger partial charge in [-0.15, -0.1) is 0 Å². The van der Waals surface area contributed by atoms with Gasteiger partial charge in [0.2, 0.25) is 15.0 Å². The molecule has 1 N–H and O–H groups in total. The lowest BCUT2D eigenvalue weighted by atomic mass is 10.1. The van der Waals surface area contributed by atoms with Gasteiger partial charge in [-0.1, -0.05) is 49.7 Å². The lowest BCUT2D eigenvalue weighted by Crippen LogP contribution is -2.13. The number of carbonyl (C=O) groups is 1. The Labute approximate surface area is 218 Å². The summed E-state index contributed by atoms with van der Waals surface area (Å²) < 4.78 is 38.9. The van der Waals surface area contributed by atoms with Gasteiger partial charge in [0.15, 0.2) is 0 Å². The van der Waals surface area contributed by atoms with E-state index in [1.807, 2.05) is 30.3 Å². The van der Waals surface area contributed by atoms with Crippen LogP contribution in [0.2, 0.25) is 5.02 Å². The summed E-state index contributed by atoms with van der Waals surface area (Å²) in [6.07, 6.45) is 2.21. The van der Waals surface area contributed by atoms with Crippen LogP contribution in [0.5, 0.6) is 11.5 Å². The number of ether oxygens (including phenoxy) is 2. The molecule has 0 unspecified atom stereocenters. The fraction of sp³-hybridized carbons (Fsp3) is 0.250. The zero-order valence-corrected chi connectivity index (χ0v) is 21.9. The molecule has 0 aliphatic rings. The number of nitriles is 1. The lowest BCUT2D eigenvalue weighted by Gasteiger charge is -2.12. The number of hydrogen-bond donors (Lipinski definition) is 1. The normalized spacial score (nSPS) is 11.6. The summed E-state index contributed by atoms with van der Waals surface area (Å²) in [5.74, 6) is 0.327. The zero-order valence-electron chi connectivity index (χ0n) is 19.5. The number of rotatable bonds is 11. The summed E-state index contributed by atoms with van der Waals surface area (Å²) in [6, 6.07) is 14.5. The number of anilines is 1. The van der Waals surface area contributed by atoms with Crippen molar-refractivity contribution >= 4 is 50.1 Å². The SMILES string of the molecule is CCc1ccccc1OCCOc1ccc(C=C(C#N)C(=O)Nc2nc(S(=O)(=O)CC)ns2)cc1Cl. The maximum Gasteiger partial charge on any atom is 0.268 e. The van der Waals surface area contributed by atoms with Crippen LogP contribution in [0.3, 0.4) is 0 Å². The molecule has 1 heterocycles. The van der Waals surface area contributed by atoms with Crippen LogP contribution < -0.4 is 14.8 Å². The van der Waals surface area contributed by atoms with Gasteiger partial charge in [0, 0.05) is 11.5 Å². The minimum atomic E-state index is -3.60. The largest absolute Gasteiger partial charge is 0.490 e. The molecule has 1 amide bonds. The van der Waals surface area contributed by atoms with E-state index in [2.05, 4.69) is 21.6 Å². The van der Waals surface area contributed by atoms with E-state index < -0.39 is 15.7 Å². The lowest BCUT2D eigenvalue weighted by molar-refractivity contribution is -0.112. The van der Waals surface area contributed by atoms with E-state index in [1.54, 1.807) is 18.2 Å². The first-order chi connectivity index (χ1) is 17.3. The van der Waals surface area contributed by atoms with Gasteiger partial charge in [0.05, 0.1) is 10.8 Å². The Balaban J connectivity index is 1.61. The molecule has 0 bridgehead atoms. The predicted molar refractivity (Wildman–Crippen MR) is 138 cm³/mol. The monoisotopic (exact) mass is 546 g/mol. The maximum absolute atomic E-state index is 12.5. The number of halogens is 1. The molecule has 2 aromatic carbocycles. The Bertz CT molecular complexity index is 1410. The Morgan fingerprint density at radius 3 is 2.56 bits per heavy atom. The van der Waals surface area contributed by atoms with E-state index >= 15 is 0 Å². The molecule has 0 saturated carbocycles. The summed E-state index contributed by atoms with van der Waals surface area (Å²) in [5.41, 5.74) is 1.39. The van der Waals surface area contributed by atoms with E-state index in [1.165, 1.54) is 13.0 Å². The van der Waals surface area contributed by atoms with Crippen molar-refractivity contribution in [2.45, 2.75) is 25.4 Å². The summed E-state index contributed by atoms with van der Waals surface area (Å²) in [5, 5.41) is 11.7. The average molecular weight is 547 g/mol. The minimum Gasteiger partial charge on any atom is -0.490 e. The molecule has 0 saturated heterocycles. The highest BCUT2D eigenvalue weighted by Gasteiger charge is 2.20. The number of amides is 1. The first kappa shape index (κ1) is 27.1. The van der Waals surface area contributed by atoms with Crippen molar-refractivity contribution < 1.29 is 22.7 Å². The fourth-order valence-electron chi connectivity index (χ4n) is 2.96. The first-order valence-electron chi connectivity index (χ1n) is 10.9. The van der Waals surface area contributed by atoms with Gasteiger partial charge < -0.3 is 9.47 Å². The summed E-state index contributed by atoms with van der Waals surface area (Å²) in [6.45, 7) is 4.13. The first-order valence-corrected chi connectivity index (χ1v) is 13.7. The summed E-state index contributed by atoms with van der Waals surface area (Å²) in [7, 11) is -3.60. The van der Waals surface area contributed by atoms with Crippen molar-refractivity contribution in [3.05, 3.63) is 64.2 Å². The fourth-order valence-corrected chi connectivity index (χ4v) is 4.79. The highest BCUT2D eigenvalue weighted by molar-refractivity contribution is 7.91. The molecule has 3 rings (SSSR count). The van der Waals surface area contributed by atoms with Gasteiger partial charge in [-0.2, -0.15) is 14.6 Å². The third kappa shape index (κ3) is 7.04. The molecule has 0 atom stereocenters. The molecule has 0 spiro atoms. The van der Waals surface area contributed by atoms with E-state index in [4.69, 9.17) is 21.1 Å². The van der Waals surface area contributed by atoms with Gasteiger partial charge in [0.1, 0.15) is 36.4 Å². The van der Waals surface area contributed by atoms with Crippen molar-refractivity contribution in [1.82, 2.24) is 9.36 Å². The van der Waals surface area contributed by atoms with E-state index in [9.17, 15) is 18.5 Å². The quantitative estimate of drug-likeness (QED) is 0.210. The molecular weight excluding hydrogens is 524 g/mol. The van der Waals surface area contributed by atoms with Gasteiger partial charge in [0.25, 0.3) is 11.1 Å². The van der Waals surface area contributed by atoms with Gasteiger partial charge in [-0.25, -0.2) is 8.42 Å². The van der Waals surface area contributed by atoms with Crippen molar-refractivity contribution in [2.24, 2.45) is 0 Å². The average Bonchev–Trinajstić information content (AvgIpc) is 3.35. The Morgan fingerprint density at radius 1 is 1.17 bits per heavy atom. The second-order valence-electron chi connectivity index (χ2n) is 7.26. The smallest absolute Gasteiger partial charge is 0.268 e. The van der Waals surface area contributed by atoms with Crippen molar-refractivity contribution in [3.8, 4) is 17.6 Å². The molecule has 9 nitrogen and oxygen atoms in total. The molecule has 36 heavy (non-hydrogen) atoms. The molecule has 3 aromatic rings. The van der Waals surface area contributed by atoms with Crippen molar-refractivity contribution in [3.63, 3.8) is 0 Å². The van der Waals surface area contributed by atoms with Crippen molar-refractivity contribution in [1.29, 1.82) is 5.26 Å². The number of hydrogen-bond acceptors (Lipinski definition) is 9. The number of para-hydroxylation sites is 1. The highest BCUT2D eigenvalue weighted by Crippen LogP contribution is 2.27. The van der Waals surface area contributed by atoms with Crippen LogP contribution in [0, 0.1) is 11.3 Å². The maximum atomic E-state index is 12.5. The second kappa shape index (κ2) is 12.5. The van der Waals surface area contributed by atoms with E-state index in [0.29, 0.717) is 34.5 Å². The molecular formula is C24H23ClN4O5S2. The third-order valence-corrected chi connectivity index (χ3v) is 7.41. The van der Waals surface area contributed by atoms with Crippen LogP contribution in [0.25, 0.3) is 6.08 Å². The van der Waals surface area contributed by atoms with E-state index in [-0.39, 0.29) is 28.2 Å². The van der Waals surface area contributed by atoms with Crippen LogP contribution in [0.4, 0.5) is 5.13 Å². The van der Waals surface area contributed by atoms with Crippen LogP contribution in [0.1, 0.15) is 25.0 Å². The number of sulfone groups is 1. The van der Waals surface area contributed by atoms with E-state index in [0.717, 1.165) is 17.7 Å². The molecule has 0 aliphatic carbocycles. The predicted octanol–water partition coefficient (Wildman–Crippen LogP) is 4.55. The standard InChI is InChI=1S/C24H23ClN4O5S2/c1-3-17-7-5-6-8-20(17)33-11-12-34-21-10-9-16(14-19(21)25)13-18(15-26)22(30)27-23-28-24(29-35-23)36(31,32)4-2/h5-10,13-14H,3-4,11-12H2,1-2H3,(H,27,28,29,30). The number of nitrogens with zero attached hydrogens (tertiary/aromatic N) is 3. The molecule has 12 heteroatoms. The van der Waals surface area contributed by atoms with Crippen molar-refractivity contribution in [2.75, 3.05) is 24.3 Å². The van der Waals surface area contributed by atoms with Crippen LogP contribution in [-0.2, 0) is 21.1 Å². The van der Waals surface area contributed by atoms with Gasteiger partial charge >= 0.3 is 0 Å². The minimum absolute atomic E-state index is 0.0289. The summed E-state index contributed by atoms with van der Waals surface area (Å²) >= 11 is 7.03. The zero-order chi connectivity index (χ0) is 26.1. The van der Waals surface area contributed by atoms with Gasteiger partial charge in [-0.05, 0) is 41.8 Å². The highest BCUT2D eigenvalue weighted by atomic mass is 35.5. The Hall–Kier alpha value is -3.46. The van der Waals surface area contributed by atoms with Gasteiger partial charge in [-0.3, -0.25) is 10.1 Å². The Kier molecular flexibility index (Phi) is 9.41. The molecule has 0 fully saturated rings. The second-order valence-corrected chi connectivity index (χ2v) is 10.6. The van der Waals surface area contributed by atoms with Crippen LogP contribution in [0.15, 0.2) is 53.2 Å². The molecule has 188 valence electrons. The molecule has 0 aliphatic heterocycles. The summed E-state index contributed by atoms with van der Waals surface area (Å²) in [4.78, 5) is 16.3. The molecule has 0 radical (unpaired) electrons. The molecule has 1 aromatic heterocycles. The number of aromatic nitrogens is 2. The number of benzene rings is 2. The topological polar surface area (TPSA) is 131 Å². The number of carbonyl (C=O) groups excluding carboxylic acids is 1. The number of nitrogens with one attached hydrogen (secondary N) is 1.